The van der Waals surface area contributed by atoms with Gasteiger partial charge in [0.1, 0.15) is 0 Å². The zero-order valence-corrected chi connectivity index (χ0v) is 11.5. The zero-order chi connectivity index (χ0) is 12.0. The number of nitrogens with one attached hydrogen (secondary N) is 1. The molecule has 0 aromatic heterocycles. The summed E-state index contributed by atoms with van der Waals surface area (Å²) < 4.78 is 5.36. The van der Waals surface area contributed by atoms with Crippen LogP contribution in [0.15, 0.2) is 0 Å². The second-order valence-electron chi connectivity index (χ2n) is 5.69. The van der Waals surface area contributed by atoms with Crippen molar-refractivity contribution in [3.05, 3.63) is 0 Å². The van der Waals surface area contributed by atoms with Gasteiger partial charge in [-0.3, -0.25) is 0 Å². The molecule has 0 spiro atoms. The lowest BCUT2D eigenvalue weighted by atomic mass is 9.74. The lowest BCUT2D eigenvalue weighted by molar-refractivity contribution is 0.101. The van der Waals surface area contributed by atoms with Crippen molar-refractivity contribution in [1.82, 2.24) is 5.32 Å². The first-order valence-electron chi connectivity index (χ1n) is 6.89. The molecule has 96 valence electrons. The predicted octanol–water partition coefficient (Wildman–Crippen LogP) is 3.07. The first-order chi connectivity index (χ1) is 7.67. The number of ether oxygens (including phenoxy) is 1. The van der Waals surface area contributed by atoms with E-state index in [1.54, 1.807) is 0 Å². The van der Waals surface area contributed by atoms with E-state index < -0.39 is 0 Å². The number of methoxy groups -OCH3 is 1. The zero-order valence-electron chi connectivity index (χ0n) is 11.5. The second-order valence-corrected chi connectivity index (χ2v) is 5.69. The molecule has 0 radical (unpaired) electrons. The Morgan fingerprint density at radius 1 is 1.19 bits per heavy atom. The first kappa shape index (κ1) is 14.0. The molecule has 1 saturated carbocycles. The number of hydrogen-bond acceptors (Lipinski definition) is 2. The van der Waals surface area contributed by atoms with E-state index in [4.69, 9.17) is 4.74 Å². The molecule has 0 bridgehead atoms. The van der Waals surface area contributed by atoms with Crippen molar-refractivity contribution in [2.75, 3.05) is 20.3 Å². The lowest BCUT2D eigenvalue weighted by Gasteiger charge is -2.36. The Morgan fingerprint density at radius 3 is 2.31 bits per heavy atom. The number of rotatable bonds is 6. The minimum absolute atomic E-state index is 0.565. The molecule has 16 heavy (non-hydrogen) atoms. The third-order valence-electron chi connectivity index (χ3n) is 3.79. The van der Waals surface area contributed by atoms with Gasteiger partial charge in [-0.2, -0.15) is 0 Å². The van der Waals surface area contributed by atoms with Crippen LogP contribution >= 0.6 is 0 Å². The maximum atomic E-state index is 5.36. The Labute approximate surface area is 101 Å². The van der Waals surface area contributed by atoms with Crippen molar-refractivity contribution in [3.8, 4) is 0 Å². The smallest absolute Gasteiger partial charge is 0.0618 e. The fraction of sp³-hybridized carbons (Fsp3) is 1.00. The Bertz CT molecular complexity index is 174. The maximum Gasteiger partial charge on any atom is 0.0618 e. The third kappa shape index (κ3) is 4.42. The third-order valence-corrected chi connectivity index (χ3v) is 3.79. The summed E-state index contributed by atoms with van der Waals surface area (Å²) in [5.41, 5.74) is 0. The minimum Gasteiger partial charge on any atom is -0.383 e. The topological polar surface area (TPSA) is 21.3 Å². The molecule has 1 rings (SSSR count). The van der Waals surface area contributed by atoms with Gasteiger partial charge in [-0.1, -0.05) is 20.8 Å². The van der Waals surface area contributed by atoms with E-state index in [0.717, 1.165) is 30.9 Å². The summed E-state index contributed by atoms with van der Waals surface area (Å²) >= 11 is 0. The summed E-state index contributed by atoms with van der Waals surface area (Å²) in [7, 11) is 1.82. The maximum absolute atomic E-state index is 5.36. The first-order valence-corrected chi connectivity index (χ1v) is 6.89. The lowest BCUT2D eigenvalue weighted by Crippen LogP contribution is -2.43. The fourth-order valence-electron chi connectivity index (χ4n) is 3.21. The monoisotopic (exact) mass is 227 g/mol. The van der Waals surface area contributed by atoms with E-state index in [-0.39, 0.29) is 0 Å². The highest BCUT2D eigenvalue weighted by Gasteiger charge is 2.29. The summed E-state index contributed by atoms with van der Waals surface area (Å²) in [4.78, 5) is 0. The predicted molar refractivity (Wildman–Crippen MR) is 69.6 cm³/mol. The van der Waals surface area contributed by atoms with Crippen molar-refractivity contribution in [1.29, 1.82) is 0 Å². The molecular weight excluding hydrogens is 198 g/mol. The van der Waals surface area contributed by atoms with Gasteiger partial charge in [0.05, 0.1) is 6.61 Å². The molecule has 3 unspecified atom stereocenters. The number of hydrogen-bond donors (Lipinski definition) is 1. The van der Waals surface area contributed by atoms with Gasteiger partial charge in [-0.15, -0.1) is 0 Å². The van der Waals surface area contributed by atoms with E-state index in [9.17, 15) is 0 Å². The molecule has 1 aliphatic rings. The van der Waals surface area contributed by atoms with Crippen LogP contribution in [0.5, 0.6) is 0 Å². The molecule has 3 atom stereocenters. The molecular formula is C14H29NO. The molecule has 2 nitrogen and oxygen atoms in total. The van der Waals surface area contributed by atoms with E-state index in [2.05, 4.69) is 26.1 Å². The molecule has 0 aromatic carbocycles. The van der Waals surface area contributed by atoms with Gasteiger partial charge in [0.2, 0.25) is 0 Å². The molecule has 0 amide bonds. The summed E-state index contributed by atoms with van der Waals surface area (Å²) in [6.07, 6.45) is 5.35. The highest BCUT2D eigenvalue weighted by Crippen LogP contribution is 2.34. The van der Waals surface area contributed by atoms with Crippen LogP contribution in [0, 0.1) is 17.8 Å². The van der Waals surface area contributed by atoms with Gasteiger partial charge in [-0.05, 0) is 50.0 Å². The van der Waals surface area contributed by atoms with Crippen LogP contribution in [0.3, 0.4) is 0 Å². The van der Waals surface area contributed by atoms with Gasteiger partial charge < -0.3 is 10.1 Å². The summed E-state index contributed by atoms with van der Waals surface area (Å²) in [6.45, 7) is 9.00. The van der Waals surface area contributed by atoms with Crippen molar-refractivity contribution in [2.45, 2.75) is 52.5 Å². The summed E-state index contributed by atoms with van der Waals surface area (Å²) in [5.74, 6) is 2.58. The van der Waals surface area contributed by atoms with E-state index in [1.165, 1.54) is 25.7 Å². The fourth-order valence-corrected chi connectivity index (χ4v) is 3.21. The molecule has 0 aliphatic heterocycles. The molecule has 0 saturated heterocycles. The van der Waals surface area contributed by atoms with Crippen molar-refractivity contribution < 1.29 is 4.74 Å². The largest absolute Gasteiger partial charge is 0.383 e. The average molecular weight is 227 g/mol. The van der Waals surface area contributed by atoms with Gasteiger partial charge in [0.15, 0.2) is 0 Å². The van der Waals surface area contributed by atoms with Gasteiger partial charge in [0, 0.05) is 13.2 Å². The van der Waals surface area contributed by atoms with E-state index in [0.29, 0.717) is 6.04 Å². The average Bonchev–Trinajstić information content (AvgIpc) is 2.22. The minimum atomic E-state index is 0.565. The highest BCUT2D eigenvalue weighted by molar-refractivity contribution is 4.83. The molecule has 0 aromatic rings. The van der Waals surface area contributed by atoms with Crippen molar-refractivity contribution >= 4 is 0 Å². The summed E-state index contributed by atoms with van der Waals surface area (Å²) in [6, 6.07) is 0.565. The van der Waals surface area contributed by atoms with Crippen LogP contribution in [0.1, 0.15) is 46.5 Å². The molecule has 1 fully saturated rings. The van der Waals surface area contributed by atoms with Crippen LogP contribution < -0.4 is 5.32 Å². The van der Waals surface area contributed by atoms with Crippen molar-refractivity contribution in [3.63, 3.8) is 0 Å². The Hall–Kier alpha value is -0.0800. The molecule has 1 aliphatic carbocycles. The SMILES string of the molecule is CCCNC(COC)C1CC(C)CC(C)C1. The van der Waals surface area contributed by atoms with Gasteiger partial charge in [0.25, 0.3) is 0 Å². The standard InChI is InChI=1S/C14H29NO/c1-5-6-15-14(10-16-4)13-8-11(2)7-12(3)9-13/h11-15H,5-10H2,1-4H3. The van der Waals surface area contributed by atoms with Crippen LogP contribution in [0.4, 0.5) is 0 Å². The molecule has 1 N–H and O–H groups in total. The molecule has 0 heterocycles. The van der Waals surface area contributed by atoms with Crippen molar-refractivity contribution in [2.24, 2.45) is 17.8 Å². The Balaban J connectivity index is 2.47. The van der Waals surface area contributed by atoms with Crippen LogP contribution in [0.25, 0.3) is 0 Å². The van der Waals surface area contributed by atoms with Crippen LogP contribution in [-0.2, 0) is 4.74 Å². The van der Waals surface area contributed by atoms with Gasteiger partial charge in [-0.25, -0.2) is 0 Å². The Morgan fingerprint density at radius 2 is 1.81 bits per heavy atom. The quantitative estimate of drug-likeness (QED) is 0.753. The second kappa shape index (κ2) is 7.29. The normalized spacial score (nSPS) is 32.6. The van der Waals surface area contributed by atoms with E-state index >= 15 is 0 Å². The van der Waals surface area contributed by atoms with Gasteiger partial charge >= 0.3 is 0 Å². The molecule has 2 heteroatoms. The Kier molecular flexibility index (Phi) is 6.37. The van der Waals surface area contributed by atoms with E-state index in [1.807, 2.05) is 7.11 Å². The van der Waals surface area contributed by atoms with Crippen LogP contribution in [0.2, 0.25) is 0 Å². The highest BCUT2D eigenvalue weighted by atomic mass is 16.5. The summed E-state index contributed by atoms with van der Waals surface area (Å²) in [5, 5.41) is 3.66. The van der Waals surface area contributed by atoms with Crippen LogP contribution in [-0.4, -0.2) is 26.3 Å².